The number of hydrogen-bond acceptors (Lipinski definition) is 3. The number of cyclic esters (lactones) is 1. The van der Waals surface area contributed by atoms with Crippen LogP contribution in [0.2, 0.25) is 0 Å². The van der Waals surface area contributed by atoms with Gasteiger partial charge in [-0.15, -0.1) is 0 Å². The molecule has 1 saturated carbocycles. The van der Waals surface area contributed by atoms with Gasteiger partial charge in [-0.3, -0.25) is 0 Å². The normalized spacial score (nSPS) is 27.1. The van der Waals surface area contributed by atoms with Gasteiger partial charge in [0, 0.05) is 23.1 Å². The second kappa shape index (κ2) is 5.57. The molecule has 122 valence electrons. The first-order valence-electron chi connectivity index (χ1n) is 8.30. The molecule has 1 saturated heterocycles. The molecule has 5 nitrogen and oxygen atoms in total. The van der Waals surface area contributed by atoms with Gasteiger partial charge in [0.25, 0.3) is 0 Å². The lowest BCUT2D eigenvalue weighted by atomic mass is 9.75. The lowest BCUT2D eigenvalue weighted by Gasteiger charge is -2.39. The Bertz CT molecular complexity index is 731. The zero-order valence-electron chi connectivity index (χ0n) is 13.6. The number of alkyl carbamates (subject to hydrolysis) is 1. The van der Waals surface area contributed by atoms with E-state index in [1.165, 1.54) is 34.9 Å². The quantitative estimate of drug-likeness (QED) is 0.912. The van der Waals surface area contributed by atoms with Crippen LogP contribution >= 0.6 is 0 Å². The fraction of sp³-hybridized carbons (Fsp3) is 0.500. The van der Waals surface area contributed by atoms with Gasteiger partial charge in [0.05, 0.1) is 6.04 Å². The molecule has 2 heterocycles. The van der Waals surface area contributed by atoms with Crippen LogP contribution in [0.1, 0.15) is 29.9 Å². The zero-order chi connectivity index (χ0) is 16.0. The largest absolute Gasteiger partial charge is 0.447 e. The van der Waals surface area contributed by atoms with E-state index < -0.39 is 0 Å². The molecule has 1 aliphatic carbocycles. The van der Waals surface area contributed by atoms with Gasteiger partial charge in [-0.2, -0.15) is 0 Å². The highest BCUT2D eigenvalue weighted by atomic mass is 16.6. The number of rotatable bonds is 4. The summed E-state index contributed by atoms with van der Waals surface area (Å²) in [6.45, 7) is 0.462. The number of ether oxygens (including phenoxy) is 1. The van der Waals surface area contributed by atoms with Crippen molar-refractivity contribution in [3.05, 3.63) is 35.5 Å². The molecule has 2 N–H and O–H groups in total. The summed E-state index contributed by atoms with van der Waals surface area (Å²) in [5, 5.41) is 4.18. The summed E-state index contributed by atoms with van der Waals surface area (Å²) >= 11 is 0. The standard InChI is InChI=1S/C18H23N3O2/c1-21(2)14-7-12(8-14)16-9-19-17-4-3-11(6-15(16)17)5-13-10-23-18(22)20-13/h3-4,6,9,12-14,19H,5,7-8,10H2,1-2H3,(H,20,22)/t12?,13-,14?/m0/s1. The molecule has 23 heavy (non-hydrogen) atoms. The van der Waals surface area contributed by atoms with Gasteiger partial charge in [0.1, 0.15) is 6.61 Å². The van der Waals surface area contributed by atoms with Crippen molar-refractivity contribution < 1.29 is 9.53 Å². The molecule has 4 rings (SSSR count). The highest BCUT2D eigenvalue weighted by molar-refractivity contribution is 5.84. The Morgan fingerprint density at radius 1 is 1.30 bits per heavy atom. The SMILES string of the molecule is CN(C)C1CC(c2c[nH]c3ccc(C[C@H]4COC(=O)N4)cc23)C1. The summed E-state index contributed by atoms with van der Waals surface area (Å²) in [6.07, 6.45) is 5.15. The van der Waals surface area contributed by atoms with Crippen LogP contribution in [0.25, 0.3) is 10.9 Å². The number of amides is 1. The molecule has 1 amide bonds. The summed E-state index contributed by atoms with van der Waals surface area (Å²) in [5.74, 6) is 0.654. The predicted octanol–water partition coefficient (Wildman–Crippen LogP) is 2.63. The average molecular weight is 313 g/mol. The maximum Gasteiger partial charge on any atom is 0.407 e. The molecule has 1 atom stereocenters. The van der Waals surface area contributed by atoms with Gasteiger partial charge >= 0.3 is 6.09 Å². The molecule has 0 radical (unpaired) electrons. The molecular formula is C18H23N3O2. The lowest BCUT2D eigenvalue weighted by molar-refractivity contribution is 0.167. The topological polar surface area (TPSA) is 57.4 Å². The van der Waals surface area contributed by atoms with Crippen molar-refractivity contribution in [3.63, 3.8) is 0 Å². The molecule has 1 aliphatic heterocycles. The Labute approximate surface area is 136 Å². The van der Waals surface area contributed by atoms with Crippen molar-refractivity contribution in [2.75, 3.05) is 20.7 Å². The number of carbonyl (C=O) groups is 1. The third-order valence-corrected chi connectivity index (χ3v) is 5.28. The highest BCUT2D eigenvalue weighted by Gasteiger charge is 2.33. The monoisotopic (exact) mass is 313 g/mol. The summed E-state index contributed by atoms with van der Waals surface area (Å²) in [4.78, 5) is 16.9. The van der Waals surface area contributed by atoms with Crippen molar-refractivity contribution in [2.24, 2.45) is 0 Å². The molecule has 1 aromatic carbocycles. The van der Waals surface area contributed by atoms with Gasteiger partial charge < -0.3 is 19.9 Å². The molecule has 2 aromatic rings. The molecular weight excluding hydrogens is 290 g/mol. The molecule has 5 heteroatoms. The number of nitrogens with one attached hydrogen (secondary N) is 2. The van der Waals surface area contributed by atoms with Crippen molar-refractivity contribution in [3.8, 4) is 0 Å². The number of fused-ring (bicyclic) bond motifs is 1. The van der Waals surface area contributed by atoms with E-state index in [0.717, 1.165) is 6.42 Å². The minimum atomic E-state index is -0.303. The first kappa shape index (κ1) is 14.6. The third-order valence-electron chi connectivity index (χ3n) is 5.28. The van der Waals surface area contributed by atoms with E-state index in [0.29, 0.717) is 18.6 Å². The van der Waals surface area contributed by atoms with Crippen molar-refractivity contribution in [1.29, 1.82) is 0 Å². The van der Waals surface area contributed by atoms with E-state index in [9.17, 15) is 4.79 Å². The van der Waals surface area contributed by atoms with Gasteiger partial charge in [-0.25, -0.2) is 4.79 Å². The number of aromatic amines is 1. The maximum absolute atomic E-state index is 11.1. The van der Waals surface area contributed by atoms with Crippen LogP contribution in [0.4, 0.5) is 4.79 Å². The highest BCUT2D eigenvalue weighted by Crippen LogP contribution is 2.41. The molecule has 2 aliphatic rings. The number of nitrogens with zero attached hydrogens (tertiary/aromatic N) is 1. The zero-order valence-corrected chi connectivity index (χ0v) is 13.6. The van der Waals surface area contributed by atoms with Gasteiger partial charge in [0.15, 0.2) is 0 Å². The van der Waals surface area contributed by atoms with E-state index >= 15 is 0 Å². The minimum Gasteiger partial charge on any atom is -0.447 e. The Kier molecular flexibility index (Phi) is 3.53. The fourth-order valence-corrected chi connectivity index (χ4v) is 3.74. The van der Waals surface area contributed by atoms with E-state index in [1.54, 1.807) is 0 Å². The number of aromatic nitrogens is 1. The Hall–Kier alpha value is -2.01. The van der Waals surface area contributed by atoms with Crippen LogP contribution in [0.3, 0.4) is 0 Å². The average Bonchev–Trinajstić information content (AvgIpc) is 3.04. The predicted molar refractivity (Wildman–Crippen MR) is 89.7 cm³/mol. The van der Waals surface area contributed by atoms with Crippen LogP contribution in [0.5, 0.6) is 0 Å². The van der Waals surface area contributed by atoms with Crippen LogP contribution in [-0.2, 0) is 11.2 Å². The Balaban J connectivity index is 1.53. The summed E-state index contributed by atoms with van der Waals surface area (Å²) in [7, 11) is 4.32. The summed E-state index contributed by atoms with van der Waals surface area (Å²) < 4.78 is 4.97. The Morgan fingerprint density at radius 3 is 2.83 bits per heavy atom. The van der Waals surface area contributed by atoms with E-state index in [2.05, 4.69) is 53.7 Å². The third kappa shape index (κ3) is 2.70. The van der Waals surface area contributed by atoms with Crippen LogP contribution in [-0.4, -0.2) is 48.8 Å². The smallest absolute Gasteiger partial charge is 0.407 e. The van der Waals surface area contributed by atoms with Crippen LogP contribution in [0, 0.1) is 0 Å². The second-order valence-electron chi connectivity index (χ2n) is 7.05. The fourth-order valence-electron chi connectivity index (χ4n) is 3.74. The number of benzene rings is 1. The number of H-pyrrole nitrogens is 1. The molecule has 2 fully saturated rings. The van der Waals surface area contributed by atoms with Crippen molar-refractivity contribution >= 4 is 17.0 Å². The van der Waals surface area contributed by atoms with Gasteiger partial charge in [0.2, 0.25) is 0 Å². The molecule has 1 aromatic heterocycles. The molecule has 0 spiro atoms. The number of hydrogen-bond donors (Lipinski definition) is 2. The van der Waals surface area contributed by atoms with E-state index in [-0.39, 0.29) is 12.1 Å². The molecule has 0 bridgehead atoms. The minimum absolute atomic E-state index is 0.0872. The van der Waals surface area contributed by atoms with Crippen LogP contribution < -0.4 is 5.32 Å². The van der Waals surface area contributed by atoms with E-state index in [4.69, 9.17) is 4.74 Å². The van der Waals surface area contributed by atoms with Crippen LogP contribution in [0.15, 0.2) is 24.4 Å². The first-order valence-corrected chi connectivity index (χ1v) is 8.30. The maximum atomic E-state index is 11.1. The van der Waals surface area contributed by atoms with Gasteiger partial charge in [-0.05, 0) is 62.5 Å². The van der Waals surface area contributed by atoms with Gasteiger partial charge in [-0.1, -0.05) is 6.07 Å². The summed E-state index contributed by atoms with van der Waals surface area (Å²) in [6, 6.07) is 7.35. The lowest BCUT2D eigenvalue weighted by Crippen LogP contribution is -2.39. The van der Waals surface area contributed by atoms with Crippen molar-refractivity contribution in [1.82, 2.24) is 15.2 Å². The van der Waals surface area contributed by atoms with E-state index in [1.807, 2.05) is 0 Å². The van der Waals surface area contributed by atoms with Crippen molar-refractivity contribution in [2.45, 2.75) is 37.3 Å². The summed E-state index contributed by atoms with van der Waals surface area (Å²) in [5.41, 5.74) is 3.88. The number of carbonyl (C=O) groups excluding carboxylic acids is 1. The Morgan fingerprint density at radius 2 is 2.13 bits per heavy atom. The second-order valence-corrected chi connectivity index (χ2v) is 7.05. The molecule has 0 unspecified atom stereocenters. The first-order chi connectivity index (χ1) is 11.1.